The van der Waals surface area contributed by atoms with Crippen LogP contribution in [0.5, 0.6) is 0 Å². The molecule has 0 saturated carbocycles. The molecule has 0 bridgehead atoms. The van der Waals surface area contributed by atoms with Gasteiger partial charge in [-0.25, -0.2) is 14.2 Å². The molecule has 0 aliphatic carbocycles. The average Bonchev–Trinajstić information content (AvgIpc) is 2.37. The number of halogens is 1. The minimum atomic E-state index is -1.07. The number of anilines is 1. The Kier molecular flexibility index (Phi) is 3.52. The van der Waals surface area contributed by atoms with Gasteiger partial charge in [-0.3, -0.25) is 0 Å². The van der Waals surface area contributed by atoms with E-state index < -0.39 is 5.97 Å². The molecule has 5 heteroatoms. The van der Waals surface area contributed by atoms with Gasteiger partial charge in [-0.05, 0) is 30.3 Å². The molecule has 0 amide bonds. The Morgan fingerprint density at radius 3 is 2.78 bits per heavy atom. The summed E-state index contributed by atoms with van der Waals surface area (Å²) >= 11 is 0. The van der Waals surface area contributed by atoms with Crippen LogP contribution in [0.15, 0.2) is 42.5 Å². The lowest BCUT2D eigenvalue weighted by Crippen LogP contribution is -2.06. The SMILES string of the molecule is O=C(O)c1cccc(CNc2cccc(F)c2)n1. The number of carbonyl (C=O) groups is 1. The summed E-state index contributed by atoms with van der Waals surface area (Å²) in [6, 6.07) is 10.8. The normalized spacial score (nSPS) is 10.1. The molecule has 0 unspecified atom stereocenters. The Labute approximate surface area is 103 Å². The van der Waals surface area contributed by atoms with Crippen molar-refractivity contribution < 1.29 is 14.3 Å². The summed E-state index contributed by atoms with van der Waals surface area (Å²) in [5.74, 6) is -1.39. The number of hydrogen-bond donors (Lipinski definition) is 2. The second-order valence-corrected chi connectivity index (χ2v) is 3.68. The smallest absolute Gasteiger partial charge is 0.354 e. The predicted molar refractivity (Wildman–Crippen MR) is 64.9 cm³/mol. The number of nitrogens with zero attached hydrogens (tertiary/aromatic N) is 1. The van der Waals surface area contributed by atoms with Gasteiger partial charge in [0.05, 0.1) is 12.2 Å². The number of aromatic nitrogens is 1. The summed E-state index contributed by atoms with van der Waals surface area (Å²) in [7, 11) is 0. The van der Waals surface area contributed by atoms with E-state index in [9.17, 15) is 9.18 Å². The molecule has 0 atom stereocenters. The zero-order chi connectivity index (χ0) is 13.0. The van der Waals surface area contributed by atoms with E-state index in [2.05, 4.69) is 10.3 Å². The summed E-state index contributed by atoms with van der Waals surface area (Å²) in [6.07, 6.45) is 0. The molecule has 92 valence electrons. The molecule has 1 aromatic heterocycles. The molecule has 0 aliphatic rings. The molecule has 0 fully saturated rings. The van der Waals surface area contributed by atoms with Gasteiger partial charge in [0, 0.05) is 5.69 Å². The van der Waals surface area contributed by atoms with Gasteiger partial charge in [-0.2, -0.15) is 0 Å². The monoisotopic (exact) mass is 246 g/mol. The van der Waals surface area contributed by atoms with Crippen molar-refractivity contribution in [2.45, 2.75) is 6.54 Å². The third kappa shape index (κ3) is 3.04. The van der Waals surface area contributed by atoms with E-state index in [0.29, 0.717) is 17.9 Å². The van der Waals surface area contributed by atoms with Crippen LogP contribution in [0, 0.1) is 5.82 Å². The summed E-state index contributed by atoms with van der Waals surface area (Å²) in [5.41, 5.74) is 1.20. The number of hydrogen-bond acceptors (Lipinski definition) is 3. The van der Waals surface area contributed by atoms with Gasteiger partial charge in [-0.1, -0.05) is 12.1 Å². The van der Waals surface area contributed by atoms with Crippen molar-refractivity contribution in [2.75, 3.05) is 5.32 Å². The standard InChI is InChI=1S/C13H11FN2O2/c14-9-3-1-4-10(7-9)15-8-11-5-2-6-12(16-11)13(17)18/h1-7,15H,8H2,(H,17,18). The number of benzene rings is 1. The van der Waals surface area contributed by atoms with Crippen molar-refractivity contribution in [3.8, 4) is 0 Å². The number of carboxylic acids is 1. The highest BCUT2D eigenvalue weighted by Crippen LogP contribution is 2.10. The van der Waals surface area contributed by atoms with E-state index in [1.54, 1.807) is 24.3 Å². The first-order valence-corrected chi connectivity index (χ1v) is 5.34. The van der Waals surface area contributed by atoms with Crippen molar-refractivity contribution >= 4 is 11.7 Å². The second-order valence-electron chi connectivity index (χ2n) is 3.68. The zero-order valence-corrected chi connectivity index (χ0v) is 9.43. The molecule has 0 spiro atoms. The molecule has 1 aromatic carbocycles. The Balaban J connectivity index is 2.06. The Morgan fingerprint density at radius 2 is 2.06 bits per heavy atom. The van der Waals surface area contributed by atoms with Crippen molar-refractivity contribution in [3.05, 3.63) is 59.7 Å². The molecule has 2 N–H and O–H groups in total. The van der Waals surface area contributed by atoms with E-state index in [4.69, 9.17) is 5.11 Å². The highest BCUT2D eigenvalue weighted by atomic mass is 19.1. The van der Waals surface area contributed by atoms with Gasteiger partial charge in [0.15, 0.2) is 0 Å². The van der Waals surface area contributed by atoms with Crippen molar-refractivity contribution in [1.82, 2.24) is 4.98 Å². The molecule has 0 saturated heterocycles. The highest BCUT2D eigenvalue weighted by Gasteiger charge is 2.04. The molecule has 0 radical (unpaired) electrons. The fourth-order valence-corrected chi connectivity index (χ4v) is 1.49. The highest BCUT2D eigenvalue weighted by molar-refractivity contribution is 5.85. The first-order chi connectivity index (χ1) is 8.65. The van der Waals surface area contributed by atoms with Crippen LogP contribution < -0.4 is 5.32 Å². The van der Waals surface area contributed by atoms with Gasteiger partial charge in [0.2, 0.25) is 0 Å². The van der Waals surface area contributed by atoms with Crippen LogP contribution in [0.3, 0.4) is 0 Å². The Bertz CT molecular complexity index is 572. The lowest BCUT2D eigenvalue weighted by atomic mass is 10.2. The third-order valence-electron chi connectivity index (χ3n) is 2.32. The van der Waals surface area contributed by atoms with Crippen LogP contribution >= 0.6 is 0 Å². The van der Waals surface area contributed by atoms with Gasteiger partial charge >= 0.3 is 5.97 Å². The molecule has 4 nitrogen and oxygen atoms in total. The molecular formula is C13H11FN2O2. The quantitative estimate of drug-likeness (QED) is 0.870. The van der Waals surface area contributed by atoms with Crippen molar-refractivity contribution in [2.24, 2.45) is 0 Å². The maximum Gasteiger partial charge on any atom is 0.354 e. The number of rotatable bonds is 4. The fourth-order valence-electron chi connectivity index (χ4n) is 1.49. The Hall–Kier alpha value is -2.43. The zero-order valence-electron chi connectivity index (χ0n) is 9.43. The minimum absolute atomic E-state index is 0.00598. The number of aromatic carboxylic acids is 1. The van der Waals surface area contributed by atoms with Crippen LogP contribution in [0.4, 0.5) is 10.1 Å². The number of carboxylic acid groups (broad SMARTS) is 1. The van der Waals surface area contributed by atoms with E-state index in [0.717, 1.165) is 0 Å². The predicted octanol–water partition coefficient (Wildman–Crippen LogP) is 2.53. The van der Waals surface area contributed by atoms with Crippen molar-refractivity contribution in [3.63, 3.8) is 0 Å². The number of nitrogens with one attached hydrogen (secondary N) is 1. The van der Waals surface area contributed by atoms with Crippen LogP contribution in [0.25, 0.3) is 0 Å². The van der Waals surface area contributed by atoms with Gasteiger partial charge in [0.1, 0.15) is 11.5 Å². The molecular weight excluding hydrogens is 235 g/mol. The molecule has 0 aliphatic heterocycles. The maximum absolute atomic E-state index is 12.9. The topological polar surface area (TPSA) is 62.2 Å². The van der Waals surface area contributed by atoms with E-state index in [-0.39, 0.29) is 11.5 Å². The van der Waals surface area contributed by atoms with Gasteiger partial charge in [-0.15, -0.1) is 0 Å². The fraction of sp³-hybridized carbons (Fsp3) is 0.0769. The minimum Gasteiger partial charge on any atom is -0.477 e. The molecule has 1 heterocycles. The van der Waals surface area contributed by atoms with E-state index in [1.165, 1.54) is 18.2 Å². The first-order valence-electron chi connectivity index (χ1n) is 5.34. The van der Waals surface area contributed by atoms with E-state index >= 15 is 0 Å². The maximum atomic E-state index is 12.9. The molecule has 2 rings (SSSR count). The van der Waals surface area contributed by atoms with Crippen LogP contribution in [0.1, 0.15) is 16.2 Å². The third-order valence-corrected chi connectivity index (χ3v) is 2.32. The second kappa shape index (κ2) is 5.27. The van der Waals surface area contributed by atoms with Crippen LogP contribution in [0.2, 0.25) is 0 Å². The molecule has 2 aromatic rings. The number of pyridine rings is 1. The Morgan fingerprint density at radius 1 is 1.28 bits per heavy atom. The first kappa shape index (κ1) is 12.0. The van der Waals surface area contributed by atoms with Crippen molar-refractivity contribution in [1.29, 1.82) is 0 Å². The largest absolute Gasteiger partial charge is 0.477 e. The molecule has 18 heavy (non-hydrogen) atoms. The van der Waals surface area contributed by atoms with E-state index in [1.807, 2.05) is 0 Å². The van der Waals surface area contributed by atoms with Crippen LogP contribution in [-0.2, 0) is 6.54 Å². The summed E-state index contributed by atoms with van der Waals surface area (Å²) in [6.45, 7) is 0.338. The summed E-state index contributed by atoms with van der Waals surface area (Å²) in [4.78, 5) is 14.7. The average molecular weight is 246 g/mol. The summed E-state index contributed by atoms with van der Waals surface area (Å²) in [5, 5.41) is 11.8. The van der Waals surface area contributed by atoms with Crippen LogP contribution in [-0.4, -0.2) is 16.1 Å². The lowest BCUT2D eigenvalue weighted by molar-refractivity contribution is 0.0690. The van der Waals surface area contributed by atoms with Gasteiger partial charge < -0.3 is 10.4 Å². The summed E-state index contributed by atoms with van der Waals surface area (Å²) < 4.78 is 12.9. The lowest BCUT2D eigenvalue weighted by Gasteiger charge is -2.06. The van der Waals surface area contributed by atoms with Gasteiger partial charge in [0.25, 0.3) is 0 Å².